The molecule has 0 N–H and O–H groups in total. The SMILES string of the molecule is C[C@@H]1CN(c2nc3c(c(-c4ccc(C(F)(F)F)cc4F)n2)C=N[N+](C)(C)C3=O)C[C@H](c2cnn(C3CC3)c2)O1. The Labute approximate surface area is 221 Å². The van der Waals surface area contributed by atoms with Crippen molar-refractivity contribution in [1.82, 2.24) is 19.7 Å². The summed E-state index contributed by atoms with van der Waals surface area (Å²) in [7, 11) is 3.15. The van der Waals surface area contributed by atoms with Gasteiger partial charge in [-0.25, -0.2) is 19.2 Å². The van der Waals surface area contributed by atoms with Gasteiger partial charge in [0.05, 0.1) is 47.9 Å². The second-order valence-electron chi connectivity index (χ2n) is 10.6. The average molecular weight is 545 g/mol. The first-order chi connectivity index (χ1) is 18.4. The van der Waals surface area contributed by atoms with Gasteiger partial charge in [0.15, 0.2) is 5.69 Å². The van der Waals surface area contributed by atoms with Gasteiger partial charge in [0.1, 0.15) is 26.0 Å². The summed E-state index contributed by atoms with van der Waals surface area (Å²) in [4.78, 5) is 24.3. The molecule has 1 saturated carbocycles. The van der Waals surface area contributed by atoms with E-state index in [4.69, 9.17) is 4.74 Å². The van der Waals surface area contributed by atoms with Crippen LogP contribution in [0, 0.1) is 5.82 Å². The molecule has 204 valence electrons. The van der Waals surface area contributed by atoms with Gasteiger partial charge in [-0.15, -0.1) is 4.59 Å². The summed E-state index contributed by atoms with van der Waals surface area (Å²) in [5.74, 6) is -1.41. The Balaban J connectivity index is 1.43. The van der Waals surface area contributed by atoms with E-state index in [1.54, 1.807) is 20.3 Å². The molecular formula is C26H26F4N7O2+. The number of halogens is 4. The monoisotopic (exact) mass is 544 g/mol. The molecule has 39 heavy (non-hydrogen) atoms. The van der Waals surface area contributed by atoms with Gasteiger partial charge in [-0.1, -0.05) is 5.10 Å². The van der Waals surface area contributed by atoms with E-state index in [1.165, 1.54) is 6.21 Å². The number of fused-ring (bicyclic) bond motifs is 1. The van der Waals surface area contributed by atoms with Gasteiger partial charge in [0.25, 0.3) is 0 Å². The molecule has 9 nitrogen and oxygen atoms in total. The van der Waals surface area contributed by atoms with Crippen LogP contribution in [0.4, 0.5) is 23.5 Å². The summed E-state index contributed by atoms with van der Waals surface area (Å²) in [6, 6.07) is 2.65. The molecule has 1 amide bonds. The molecule has 0 bridgehead atoms. The van der Waals surface area contributed by atoms with Crippen LogP contribution in [-0.4, -0.2) is 69.8 Å². The third-order valence-electron chi connectivity index (χ3n) is 7.12. The van der Waals surface area contributed by atoms with Crippen LogP contribution in [-0.2, 0) is 10.9 Å². The van der Waals surface area contributed by atoms with Crippen molar-refractivity contribution in [3.05, 3.63) is 58.8 Å². The minimum absolute atomic E-state index is 0.00438. The maximum absolute atomic E-state index is 15.1. The summed E-state index contributed by atoms with van der Waals surface area (Å²) < 4.78 is 62.5. The lowest BCUT2D eigenvalue weighted by atomic mass is 10.0. The molecule has 0 radical (unpaired) electrons. The van der Waals surface area contributed by atoms with E-state index in [1.807, 2.05) is 22.7 Å². The van der Waals surface area contributed by atoms with E-state index < -0.39 is 23.5 Å². The van der Waals surface area contributed by atoms with E-state index >= 15 is 4.39 Å². The van der Waals surface area contributed by atoms with Crippen molar-refractivity contribution in [3.63, 3.8) is 0 Å². The number of hydrogen-bond donors (Lipinski definition) is 0. The molecule has 3 aliphatic rings. The molecule has 2 aliphatic heterocycles. The van der Waals surface area contributed by atoms with Crippen molar-refractivity contribution < 1.29 is 31.7 Å². The predicted molar refractivity (Wildman–Crippen MR) is 132 cm³/mol. The third-order valence-corrected chi connectivity index (χ3v) is 7.12. The van der Waals surface area contributed by atoms with Crippen molar-refractivity contribution >= 4 is 18.1 Å². The second-order valence-corrected chi connectivity index (χ2v) is 10.6. The molecule has 4 heterocycles. The van der Waals surface area contributed by atoms with E-state index in [9.17, 15) is 18.0 Å². The van der Waals surface area contributed by atoms with Gasteiger partial charge in [0, 0.05) is 23.9 Å². The fourth-order valence-corrected chi connectivity index (χ4v) is 4.84. The number of ether oxygens (including phenoxy) is 1. The first-order valence-corrected chi connectivity index (χ1v) is 12.6. The number of nitrogens with zero attached hydrogens (tertiary/aromatic N) is 7. The number of aromatic nitrogens is 4. The number of carbonyl (C=O) groups excluding carboxylic acids is 1. The van der Waals surface area contributed by atoms with Gasteiger partial charge < -0.3 is 9.64 Å². The highest BCUT2D eigenvalue weighted by molar-refractivity contribution is 6.04. The molecule has 1 aromatic carbocycles. The quantitative estimate of drug-likeness (QED) is 0.359. The number of benzene rings is 1. The molecule has 2 aromatic heterocycles. The zero-order valence-corrected chi connectivity index (χ0v) is 21.5. The Morgan fingerprint density at radius 1 is 1.10 bits per heavy atom. The summed E-state index contributed by atoms with van der Waals surface area (Å²) >= 11 is 0. The number of alkyl halides is 3. The standard InChI is InChI=1S/C26H26F4N7O2/c1-14-11-35(13-21(39-14)15-9-31-36(12-15)17-5-6-17)25-33-22(18-7-4-16(8-20(18)27)26(28,29)30)19-10-32-37(2,3)24(38)23(19)34-25/h4,7-10,12,14,17,21H,5-6,11,13H2,1-3H3/q+1/t14-,21-/m1/s1. The number of amides is 1. The topological polar surface area (TPSA) is 85.5 Å². The first-order valence-electron chi connectivity index (χ1n) is 12.6. The number of anilines is 1. The Bertz CT molecular complexity index is 1500. The fraction of sp³-hybridized carbons (Fsp3) is 0.423. The number of hydrogen-bond acceptors (Lipinski definition) is 7. The van der Waals surface area contributed by atoms with Gasteiger partial charge in [0.2, 0.25) is 5.95 Å². The molecule has 13 heteroatoms. The van der Waals surface area contributed by atoms with Crippen LogP contribution in [0.1, 0.15) is 59.1 Å². The molecule has 1 saturated heterocycles. The fourth-order valence-electron chi connectivity index (χ4n) is 4.84. The average Bonchev–Trinajstić information content (AvgIpc) is 3.61. The summed E-state index contributed by atoms with van der Waals surface area (Å²) in [5.41, 5.74) is -0.236. The molecular weight excluding hydrogens is 518 g/mol. The van der Waals surface area contributed by atoms with Crippen LogP contribution in [0.15, 0.2) is 35.7 Å². The molecule has 0 unspecified atom stereocenters. The minimum atomic E-state index is -4.71. The lowest BCUT2D eigenvalue weighted by molar-refractivity contribution is -0.814. The molecule has 1 aliphatic carbocycles. The maximum atomic E-state index is 15.1. The van der Waals surface area contributed by atoms with Crippen molar-refractivity contribution in [2.24, 2.45) is 5.10 Å². The van der Waals surface area contributed by atoms with Crippen LogP contribution in [0.2, 0.25) is 0 Å². The third kappa shape index (κ3) is 4.69. The van der Waals surface area contributed by atoms with Crippen molar-refractivity contribution in [2.45, 2.75) is 44.2 Å². The zero-order valence-electron chi connectivity index (χ0n) is 21.5. The zero-order chi connectivity index (χ0) is 27.7. The second kappa shape index (κ2) is 8.91. The van der Waals surface area contributed by atoms with Gasteiger partial charge in [-0.3, -0.25) is 4.68 Å². The lowest BCUT2D eigenvalue weighted by Crippen LogP contribution is -2.46. The number of carbonyl (C=O) groups is 1. The Morgan fingerprint density at radius 2 is 1.85 bits per heavy atom. The van der Waals surface area contributed by atoms with Gasteiger partial charge in [-0.2, -0.15) is 18.3 Å². The Kier molecular flexibility index (Phi) is 5.84. The van der Waals surface area contributed by atoms with Crippen LogP contribution >= 0.6 is 0 Å². The van der Waals surface area contributed by atoms with E-state index in [-0.39, 0.29) is 45.3 Å². The summed E-state index contributed by atoms with van der Waals surface area (Å²) in [6.07, 6.45) is 2.00. The van der Waals surface area contributed by atoms with E-state index in [0.29, 0.717) is 25.2 Å². The van der Waals surface area contributed by atoms with Crippen LogP contribution < -0.4 is 4.90 Å². The smallest absolute Gasteiger partial charge is 0.367 e. The van der Waals surface area contributed by atoms with Crippen LogP contribution in [0.25, 0.3) is 11.3 Å². The minimum Gasteiger partial charge on any atom is -0.367 e. The van der Waals surface area contributed by atoms with Crippen molar-refractivity contribution in [1.29, 1.82) is 0 Å². The Hall–Kier alpha value is -3.71. The number of morpholine rings is 1. The number of rotatable bonds is 4. The first kappa shape index (κ1) is 25.6. The predicted octanol–water partition coefficient (Wildman–Crippen LogP) is 4.36. The highest BCUT2D eigenvalue weighted by Gasteiger charge is 2.40. The van der Waals surface area contributed by atoms with Gasteiger partial charge >= 0.3 is 12.1 Å². The maximum Gasteiger partial charge on any atom is 0.416 e. The van der Waals surface area contributed by atoms with Crippen LogP contribution in [0.5, 0.6) is 0 Å². The molecule has 2 fully saturated rings. The lowest BCUT2D eigenvalue weighted by Gasteiger charge is -2.37. The van der Waals surface area contributed by atoms with Crippen LogP contribution in [0.3, 0.4) is 0 Å². The Morgan fingerprint density at radius 3 is 2.54 bits per heavy atom. The largest absolute Gasteiger partial charge is 0.416 e. The van der Waals surface area contributed by atoms with Gasteiger partial charge in [-0.05, 0) is 38.0 Å². The normalized spacial score (nSPS) is 22.7. The molecule has 2 atom stereocenters. The van der Waals surface area contributed by atoms with E-state index in [0.717, 1.165) is 30.5 Å². The number of quaternary nitrogens is 1. The van der Waals surface area contributed by atoms with E-state index in [2.05, 4.69) is 20.2 Å². The molecule has 6 rings (SSSR count). The van der Waals surface area contributed by atoms with Crippen molar-refractivity contribution in [2.75, 3.05) is 32.1 Å². The highest BCUT2D eigenvalue weighted by Crippen LogP contribution is 2.37. The summed E-state index contributed by atoms with van der Waals surface area (Å²) in [6.45, 7) is 2.63. The molecule has 3 aromatic rings. The molecule has 0 spiro atoms. The summed E-state index contributed by atoms with van der Waals surface area (Å²) in [5, 5.41) is 8.67. The van der Waals surface area contributed by atoms with Crippen molar-refractivity contribution in [3.8, 4) is 11.3 Å². The highest BCUT2D eigenvalue weighted by atomic mass is 19.4.